The van der Waals surface area contributed by atoms with Crippen molar-refractivity contribution < 1.29 is 19.1 Å². The normalized spacial score (nSPS) is 13.9. The molecule has 3 rings (SSSR count). The Kier molecular flexibility index (Phi) is 7.36. The number of nitrogens with zero attached hydrogens (tertiary/aromatic N) is 2. The van der Waals surface area contributed by atoms with Crippen molar-refractivity contribution in [2.75, 3.05) is 44.8 Å². The summed E-state index contributed by atoms with van der Waals surface area (Å²) in [5.74, 6) is 0.248. The van der Waals surface area contributed by atoms with Gasteiger partial charge in [-0.05, 0) is 42.3 Å². The molecule has 1 saturated heterocycles. The molecule has 0 spiro atoms. The molecular formula is C22H25ClN2O4. The van der Waals surface area contributed by atoms with Crippen molar-refractivity contribution in [3.05, 3.63) is 59.1 Å². The van der Waals surface area contributed by atoms with E-state index in [1.165, 1.54) is 0 Å². The van der Waals surface area contributed by atoms with Gasteiger partial charge in [-0.3, -0.25) is 9.59 Å². The van der Waals surface area contributed by atoms with Crippen molar-refractivity contribution in [1.29, 1.82) is 0 Å². The lowest BCUT2D eigenvalue weighted by molar-refractivity contribution is -0.152. The highest BCUT2D eigenvalue weighted by Crippen LogP contribution is 2.20. The smallest absolute Gasteiger partial charge is 0.306 e. The van der Waals surface area contributed by atoms with Crippen molar-refractivity contribution in [3.8, 4) is 5.75 Å². The molecule has 154 valence electrons. The molecule has 1 heterocycles. The van der Waals surface area contributed by atoms with E-state index >= 15 is 0 Å². The topological polar surface area (TPSA) is 59.1 Å². The SMILES string of the molecule is COc1ccc(CCC(=O)OCC(=O)N2CCN(c3cccc(Cl)c3)CC2)cc1. The van der Waals surface area contributed by atoms with E-state index < -0.39 is 0 Å². The Morgan fingerprint density at radius 1 is 1.03 bits per heavy atom. The van der Waals surface area contributed by atoms with Gasteiger partial charge in [-0.15, -0.1) is 0 Å². The Morgan fingerprint density at radius 2 is 1.76 bits per heavy atom. The monoisotopic (exact) mass is 416 g/mol. The van der Waals surface area contributed by atoms with E-state index in [1.807, 2.05) is 48.5 Å². The number of carbonyl (C=O) groups excluding carboxylic acids is 2. The molecule has 1 aliphatic rings. The van der Waals surface area contributed by atoms with Crippen LogP contribution in [0.1, 0.15) is 12.0 Å². The molecule has 1 fully saturated rings. The minimum atomic E-state index is -0.369. The molecule has 2 aromatic carbocycles. The third-order valence-corrected chi connectivity index (χ3v) is 5.17. The number of halogens is 1. The maximum Gasteiger partial charge on any atom is 0.306 e. The number of aryl methyl sites for hydroxylation is 1. The van der Waals surface area contributed by atoms with Crippen LogP contribution in [0.3, 0.4) is 0 Å². The first-order chi connectivity index (χ1) is 14.0. The standard InChI is InChI=1S/C22H25ClN2O4/c1-28-20-8-5-17(6-9-20)7-10-22(27)29-16-21(26)25-13-11-24(12-14-25)19-4-2-3-18(23)15-19/h2-6,8-9,15H,7,10-14,16H2,1H3. The van der Waals surface area contributed by atoms with Crippen LogP contribution in [-0.4, -0.2) is 56.7 Å². The molecule has 0 atom stereocenters. The fourth-order valence-electron chi connectivity index (χ4n) is 3.23. The van der Waals surface area contributed by atoms with E-state index in [0.717, 1.165) is 30.1 Å². The minimum absolute atomic E-state index is 0.159. The van der Waals surface area contributed by atoms with Gasteiger partial charge in [0.25, 0.3) is 5.91 Å². The number of hydrogen-bond donors (Lipinski definition) is 0. The zero-order valence-corrected chi connectivity index (χ0v) is 17.2. The number of ether oxygens (including phenoxy) is 2. The number of piperazine rings is 1. The molecule has 0 unspecified atom stereocenters. The number of methoxy groups -OCH3 is 1. The number of anilines is 1. The minimum Gasteiger partial charge on any atom is -0.497 e. The summed E-state index contributed by atoms with van der Waals surface area (Å²) >= 11 is 6.05. The summed E-state index contributed by atoms with van der Waals surface area (Å²) < 4.78 is 10.3. The maximum absolute atomic E-state index is 12.3. The van der Waals surface area contributed by atoms with Gasteiger partial charge in [0.1, 0.15) is 5.75 Å². The molecule has 0 bridgehead atoms. The second kappa shape index (κ2) is 10.2. The van der Waals surface area contributed by atoms with Crippen LogP contribution in [0, 0.1) is 0 Å². The number of esters is 1. The van der Waals surface area contributed by atoms with Crippen LogP contribution in [-0.2, 0) is 20.7 Å². The summed E-state index contributed by atoms with van der Waals surface area (Å²) in [7, 11) is 1.61. The van der Waals surface area contributed by atoms with Crippen molar-refractivity contribution in [2.45, 2.75) is 12.8 Å². The molecule has 0 saturated carbocycles. The van der Waals surface area contributed by atoms with Gasteiger partial charge in [-0.1, -0.05) is 29.8 Å². The Labute approximate surface area is 176 Å². The Bertz CT molecular complexity index is 833. The summed E-state index contributed by atoms with van der Waals surface area (Å²) in [5.41, 5.74) is 2.07. The van der Waals surface area contributed by atoms with Crippen molar-refractivity contribution in [1.82, 2.24) is 4.90 Å². The van der Waals surface area contributed by atoms with Gasteiger partial charge in [0.2, 0.25) is 0 Å². The molecule has 0 aliphatic carbocycles. The van der Waals surface area contributed by atoms with Crippen LogP contribution >= 0.6 is 11.6 Å². The van der Waals surface area contributed by atoms with Crippen molar-refractivity contribution in [2.24, 2.45) is 0 Å². The predicted octanol–water partition coefficient (Wildman–Crippen LogP) is 3.17. The lowest BCUT2D eigenvalue weighted by atomic mass is 10.1. The Hall–Kier alpha value is -2.73. The number of hydrogen-bond acceptors (Lipinski definition) is 5. The number of benzene rings is 2. The van der Waals surface area contributed by atoms with E-state index in [2.05, 4.69) is 4.90 Å². The van der Waals surface area contributed by atoms with Crippen molar-refractivity contribution >= 4 is 29.2 Å². The summed E-state index contributed by atoms with van der Waals surface area (Å²) in [4.78, 5) is 28.2. The van der Waals surface area contributed by atoms with E-state index in [4.69, 9.17) is 21.1 Å². The number of amides is 1. The van der Waals surface area contributed by atoms with E-state index in [-0.39, 0.29) is 24.9 Å². The van der Waals surface area contributed by atoms with Gasteiger partial charge in [-0.2, -0.15) is 0 Å². The molecule has 2 aromatic rings. The molecule has 1 aliphatic heterocycles. The summed E-state index contributed by atoms with van der Waals surface area (Å²) in [6.07, 6.45) is 0.803. The summed E-state index contributed by atoms with van der Waals surface area (Å²) in [6, 6.07) is 15.2. The first-order valence-corrected chi connectivity index (χ1v) is 10.00. The molecule has 29 heavy (non-hydrogen) atoms. The maximum atomic E-state index is 12.3. The van der Waals surface area contributed by atoms with Crippen LogP contribution in [0.15, 0.2) is 48.5 Å². The zero-order valence-electron chi connectivity index (χ0n) is 16.5. The second-order valence-corrected chi connectivity index (χ2v) is 7.29. The van der Waals surface area contributed by atoms with Crippen LogP contribution in [0.4, 0.5) is 5.69 Å². The average Bonchev–Trinajstić information content (AvgIpc) is 2.76. The Morgan fingerprint density at radius 3 is 2.41 bits per heavy atom. The summed E-state index contributed by atoms with van der Waals surface area (Å²) in [6.45, 7) is 2.41. The zero-order chi connectivity index (χ0) is 20.6. The highest BCUT2D eigenvalue weighted by molar-refractivity contribution is 6.30. The van der Waals surface area contributed by atoms with Crippen LogP contribution in [0.25, 0.3) is 0 Å². The largest absolute Gasteiger partial charge is 0.497 e. The van der Waals surface area contributed by atoms with Gasteiger partial charge >= 0.3 is 5.97 Å². The lowest BCUT2D eigenvalue weighted by Gasteiger charge is -2.36. The van der Waals surface area contributed by atoms with Gasteiger partial charge in [0.05, 0.1) is 7.11 Å². The fraction of sp³-hybridized carbons (Fsp3) is 0.364. The number of rotatable bonds is 7. The van der Waals surface area contributed by atoms with Gasteiger partial charge in [-0.25, -0.2) is 0 Å². The first kappa shape index (κ1) is 21.0. The molecule has 6 nitrogen and oxygen atoms in total. The van der Waals surface area contributed by atoms with E-state index in [9.17, 15) is 9.59 Å². The molecule has 0 radical (unpaired) electrons. The van der Waals surface area contributed by atoms with Gasteiger partial charge < -0.3 is 19.3 Å². The molecule has 0 aromatic heterocycles. The second-order valence-electron chi connectivity index (χ2n) is 6.86. The molecule has 1 amide bonds. The van der Waals surface area contributed by atoms with Gasteiger partial charge in [0, 0.05) is 43.3 Å². The fourth-order valence-corrected chi connectivity index (χ4v) is 3.42. The van der Waals surface area contributed by atoms with E-state index in [1.54, 1.807) is 12.0 Å². The third-order valence-electron chi connectivity index (χ3n) is 4.94. The average molecular weight is 417 g/mol. The third kappa shape index (κ3) is 6.12. The van der Waals surface area contributed by atoms with Crippen LogP contribution < -0.4 is 9.64 Å². The number of carbonyl (C=O) groups is 2. The molecule has 7 heteroatoms. The van der Waals surface area contributed by atoms with E-state index in [0.29, 0.717) is 24.5 Å². The highest BCUT2D eigenvalue weighted by atomic mass is 35.5. The summed E-state index contributed by atoms with van der Waals surface area (Å²) in [5, 5.41) is 0.697. The highest BCUT2D eigenvalue weighted by Gasteiger charge is 2.22. The molecular weight excluding hydrogens is 392 g/mol. The Balaban J connectivity index is 1.37. The van der Waals surface area contributed by atoms with Crippen LogP contribution in [0.2, 0.25) is 5.02 Å². The predicted molar refractivity (Wildman–Crippen MR) is 113 cm³/mol. The van der Waals surface area contributed by atoms with Crippen LogP contribution in [0.5, 0.6) is 5.75 Å². The lowest BCUT2D eigenvalue weighted by Crippen LogP contribution is -2.49. The first-order valence-electron chi connectivity index (χ1n) is 9.62. The van der Waals surface area contributed by atoms with Crippen molar-refractivity contribution in [3.63, 3.8) is 0 Å². The quantitative estimate of drug-likeness (QED) is 0.649. The molecule has 0 N–H and O–H groups in total. The van der Waals surface area contributed by atoms with Gasteiger partial charge in [0.15, 0.2) is 6.61 Å².